The number of hydrogen-bond acceptors (Lipinski definition) is 2. The van der Waals surface area contributed by atoms with E-state index in [0.29, 0.717) is 0 Å². The molecule has 0 aliphatic rings. The molecule has 1 aromatic carbocycles. The quantitative estimate of drug-likeness (QED) is 0.692. The summed E-state index contributed by atoms with van der Waals surface area (Å²) in [4.78, 5) is 8.63. The van der Waals surface area contributed by atoms with Crippen LogP contribution in [0.25, 0.3) is 10.9 Å². The van der Waals surface area contributed by atoms with Crippen LogP contribution in [0, 0.1) is 6.42 Å². The number of pyridine rings is 2. The second kappa shape index (κ2) is 4.96. The van der Waals surface area contributed by atoms with Crippen LogP contribution in [0.2, 0.25) is 0 Å². The summed E-state index contributed by atoms with van der Waals surface area (Å²) in [6.45, 7) is 0. The van der Waals surface area contributed by atoms with E-state index in [4.69, 9.17) is 0 Å². The maximum Gasteiger partial charge on any atom is 0.0702 e. The normalized spacial score (nSPS) is 10.7. The molecule has 0 fully saturated rings. The topological polar surface area (TPSA) is 25.8 Å². The van der Waals surface area contributed by atoms with Crippen LogP contribution in [0.4, 0.5) is 0 Å². The smallest absolute Gasteiger partial charge is 0.0702 e. The van der Waals surface area contributed by atoms with Gasteiger partial charge in [0.25, 0.3) is 0 Å². The van der Waals surface area contributed by atoms with Gasteiger partial charge in [0.1, 0.15) is 0 Å². The maximum absolute atomic E-state index is 4.31. The Hall–Kier alpha value is -2.22. The first-order valence-corrected chi connectivity index (χ1v) is 6.00. The molecule has 0 aliphatic carbocycles. The van der Waals surface area contributed by atoms with Crippen LogP contribution < -0.4 is 0 Å². The van der Waals surface area contributed by atoms with Gasteiger partial charge >= 0.3 is 0 Å². The Morgan fingerprint density at radius 3 is 2.72 bits per heavy atom. The van der Waals surface area contributed by atoms with Crippen molar-refractivity contribution in [3.63, 3.8) is 0 Å². The van der Waals surface area contributed by atoms with E-state index in [0.717, 1.165) is 17.6 Å². The Bertz CT molecular complexity index is 647. The molecule has 0 saturated carbocycles. The lowest BCUT2D eigenvalue weighted by molar-refractivity contribution is 1.06. The molecular formula is C16H13N2. The Morgan fingerprint density at radius 2 is 1.83 bits per heavy atom. The predicted molar refractivity (Wildman–Crippen MR) is 73.1 cm³/mol. The van der Waals surface area contributed by atoms with Gasteiger partial charge < -0.3 is 0 Å². The highest BCUT2D eigenvalue weighted by atomic mass is 14.7. The largest absolute Gasteiger partial charge is 0.261 e. The van der Waals surface area contributed by atoms with Crippen molar-refractivity contribution in [1.82, 2.24) is 9.97 Å². The van der Waals surface area contributed by atoms with Crippen LogP contribution in [0.15, 0.2) is 60.9 Å². The van der Waals surface area contributed by atoms with Gasteiger partial charge in [0.05, 0.1) is 5.52 Å². The first-order valence-electron chi connectivity index (χ1n) is 6.00. The minimum atomic E-state index is 0.854. The van der Waals surface area contributed by atoms with Gasteiger partial charge in [-0.3, -0.25) is 9.97 Å². The van der Waals surface area contributed by atoms with E-state index < -0.39 is 0 Å². The molecule has 0 unspecified atom stereocenters. The van der Waals surface area contributed by atoms with Crippen molar-refractivity contribution in [1.29, 1.82) is 0 Å². The molecule has 0 spiro atoms. The molecule has 3 aromatic rings. The van der Waals surface area contributed by atoms with E-state index in [1.165, 1.54) is 10.9 Å². The maximum atomic E-state index is 4.31. The van der Waals surface area contributed by atoms with Crippen molar-refractivity contribution >= 4 is 10.9 Å². The third-order valence-electron chi connectivity index (χ3n) is 2.90. The minimum Gasteiger partial charge on any atom is -0.261 e. The molecule has 0 aliphatic heterocycles. The van der Waals surface area contributed by atoms with Crippen LogP contribution in [0.3, 0.4) is 0 Å². The molecule has 0 amide bonds. The van der Waals surface area contributed by atoms with E-state index in [1.54, 1.807) is 0 Å². The summed E-state index contributed by atoms with van der Waals surface area (Å²) in [6, 6.07) is 16.3. The highest BCUT2D eigenvalue weighted by molar-refractivity contribution is 5.79. The molecule has 0 atom stereocenters. The van der Waals surface area contributed by atoms with Gasteiger partial charge in [0, 0.05) is 23.5 Å². The van der Waals surface area contributed by atoms with Crippen LogP contribution in [0.1, 0.15) is 11.3 Å². The Morgan fingerprint density at radius 1 is 0.889 bits per heavy atom. The first-order chi connectivity index (χ1) is 8.92. The number of aromatic nitrogens is 2. The fourth-order valence-electron chi connectivity index (χ4n) is 1.96. The number of hydrogen-bond donors (Lipinski definition) is 0. The molecular weight excluding hydrogens is 220 g/mol. The molecule has 0 bridgehead atoms. The average Bonchev–Trinajstić information content (AvgIpc) is 2.46. The molecule has 2 aromatic heterocycles. The van der Waals surface area contributed by atoms with E-state index in [2.05, 4.69) is 40.7 Å². The van der Waals surface area contributed by atoms with Gasteiger partial charge in [-0.15, -0.1) is 0 Å². The Balaban J connectivity index is 1.79. The van der Waals surface area contributed by atoms with Crippen LogP contribution in [-0.4, -0.2) is 9.97 Å². The Kier molecular flexibility index (Phi) is 3.01. The SMILES string of the molecule is [CH](Cc1ccccn1)c1ccc2ncccc2c1. The average molecular weight is 233 g/mol. The lowest BCUT2D eigenvalue weighted by atomic mass is 10.1. The molecule has 2 heterocycles. The molecule has 2 heteroatoms. The zero-order valence-corrected chi connectivity index (χ0v) is 9.95. The van der Waals surface area contributed by atoms with Gasteiger partial charge in [-0.05, 0) is 48.7 Å². The fraction of sp³-hybridized carbons (Fsp3) is 0.0625. The lowest BCUT2D eigenvalue weighted by Crippen LogP contribution is -1.91. The fourth-order valence-corrected chi connectivity index (χ4v) is 1.96. The van der Waals surface area contributed by atoms with Crippen LogP contribution >= 0.6 is 0 Å². The number of fused-ring (bicyclic) bond motifs is 1. The highest BCUT2D eigenvalue weighted by Gasteiger charge is 1.99. The van der Waals surface area contributed by atoms with Gasteiger partial charge in [-0.1, -0.05) is 18.2 Å². The van der Waals surface area contributed by atoms with Crippen molar-refractivity contribution < 1.29 is 0 Å². The van der Waals surface area contributed by atoms with Crippen molar-refractivity contribution in [3.8, 4) is 0 Å². The van der Waals surface area contributed by atoms with Crippen molar-refractivity contribution in [2.75, 3.05) is 0 Å². The summed E-state index contributed by atoms with van der Waals surface area (Å²) in [5.74, 6) is 0. The summed E-state index contributed by atoms with van der Waals surface area (Å²) in [5.41, 5.74) is 3.33. The zero-order valence-electron chi connectivity index (χ0n) is 9.95. The summed E-state index contributed by atoms with van der Waals surface area (Å²) in [6.07, 6.45) is 6.69. The zero-order chi connectivity index (χ0) is 12.2. The van der Waals surface area contributed by atoms with E-state index in [9.17, 15) is 0 Å². The summed E-state index contributed by atoms with van der Waals surface area (Å²) >= 11 is 0. The molecule has 1 radical (unpaired) electrons. The van der Waals surface area contributed by atoms with Gasteiger partial charge in [0.15, 0.2) is 0 Å². The standard InChI is InChI=1S/C16H13N2/c1-2-10-17-15(5-1)8-6-13-7-9-16-14(12-13)4-3-11-18-16/h1-7,9-12H,8H2. The van der Waals surface area contributed by atoms with Crippen molar-refractivity contribution in [2.45, 2.75) is 6.42 Å². The van der Waals surface area contributed by atoms with Crippen molar-refractivity contribution in [3.05, 3.63) is 78.6 Å². The monoisotopic (exact) mass is 233 g/mol. The number of rotatable bonds is 3. The second-order valence-corrected chi connectivity index (χ2v) is 4.18. The van der Waals surface area contributed by atoms with Crippen LogP contribution in [0.5, 0.6) is 0 Å². The minimum absolute atomic E-state index is 0.854. The van der Waals surface area contributed by atoms with E-state index in [1.807, 2.05) is 36.7 Å². The third-order valence-corrected chi connectivity index (χ3v) is 2.90. The summed E-state index contributed by atoms with van der Waals surface area (Å²) in [5, 5.41) is 1.17. The molecule has 0 N–H and O–H groups in total. The van der Waals surface area contributed by atoms with E-state index >= 15 is 0 Å². The Labute approximate surface area is 106 Å². The van der Waals surface area contributed by atoms with Gasteiger partial charge in [-0.2, -0.15) is 0 Å². The summed E-state index contributed by atoms with van der Waals surface area (Å²) < 4.78 is 0. The first kappa shape index (κ1) is 10.9. The molecule has 2 nitrogen and oxygen atoms in total. The number of benzene rings is 1. The lowest BCUT2D eigenvalue weighted by Gasteiger charge is -2.03. The highest BCUT2D eigenvalue weighted by Crippen LogP contribution is 2.15. The molecule has 3 rings (SSSR count). The number of nitrogens with zero attached hydrogens (tertiary/aromatic N) is 2. The molecule has 18 heavy (non-hydrogen) atoms. The summed E-state index contributed by atoms with van der Waals surface area (Å²) in [7, 11) is 0. The van der Waals surface area contributed by atoms with Gasteiger partial charge in [0.2, 0.25) is 0 Å². The van der Waals surface area contributed by atoms with E-state index in [-0.39, 0.29) is 0 Å². The molecule has 0 saturated heterocycles. The van der Waals surface area contributed by atoms with Crippen LogP contribution in [-0.2, 0) is 6.42 Å². The van der Waals surface area contributed by atoms with Crippen molar-refractivity contribution in [2.24, 2.45) is 0 Å². The third kappa shape index (κ3) is 2.38. The molecule has 87 valence electrons. The predicted octanol–water partition coefficient (Wildman–Crippen LogP) is 3.42. The van der Waals surface area contributed by atoms with Gasteiger partial charge in [-0.25, -0.2) is 0 Å². The second-order valence-electron chi connectivity index (χ2n) is 4.18.